The number of allylic oxidation sites excluding steroid dienone is 3. The van der Waals surface area contributed by atoms with Crippen LogP contribution in [-0.2, 0) is 32.7 Å². The maximum atomic E-state index is 3.85. The van der Waals surface area contributed by atoms with Crippen LogP contribution in [-0.4, -0.2) is 12.1 Å². The number of hydrazine groups is 1. The molecular formula is C8H10BrN2Y-. The van der Waals surface area contributed by atoms with Crippen LogP contribution in [0.2, 0.25) is 0 Å². The van der Waals surface area contributed by atoms with Crippen molar-refractivity contribution in [3.05, 3.63) is 34.6 Å². The molecule has 63 valence electrons. The Balaban J connectivity index is 0.00000121. The quantitative estimate of drug-likeness (QED) is 0.745. The van der Waals surface area contributed by atoms with Crippen molar-refractivity contribution in [3.63, 3.8) is 0 Å². The van der Waals surface area contributed by atoms with Gasteiger partial charge in [-0.2, -0.15) is 6.08 Å². The number of hydrogen-bond donors (Lipinski definition) is 1. The molecule has 0 amide bonds. The molecule has 0 bridgehead atoms. The van der Waals surface area contributed by atoms with E-state index in [1.165, 1.54) is 0 Å². The average Bonchev–Trinajstić information content (AvgIpc) is 1.96. The molecule has 1 rings (SSSR count). The van der Waals surface area contributed by atoms with E-state index in [2.05, 4.69) is 34.1 Å². The summed E-state index contributed by atoms with van der Waals surface area (Å²) < 4.78 is 0.989. The molecule has 0 atom stereocenters. The van der Waals surface area contributed by atoms with Gasteiger partial charge in [-0.3, -0.25) is 5.43 Å². The molecule has 0 aromatic rings. The number of hydrogen-bond acceptors (Lipinski definition) is 2. The van der Waals surface area contributed by atoms with E-state index in [-0.39, 0.29) is 32.7 Å². The summed E-state index contributed by atoms with van der Waals surface area (Å²) >= 11 is 3.39. The minimum atomic E-state index is 0. The topological polar surface area (TPSA) is 15.3 Å². The molecule has 4 heteroatoms. The first-order valence-electron chi connectivity index (χ1n) is 3.29. The molecule has 1 radical (unpaired) electrons. The predicted octanol–water partition coefficient (Wildman–Crippen LogP) is 1.93. The SMILES string of the molecule is C=C1C(Br)=CC(C)=[C-]N1NC.[Y]. The molecule has 0 saturated heterocycles. The van der Waals surface area contributed by atoms with Gasteiger partial charge in [0.15, 0.2) is 0 Å². The van der Waals surface area contributed by atoms with Gasteiger partial charge < -0.3 is 5.01 Å². The largest absolute Gasteiger partial charge is 0.392 e. The van der Waals surface area contributed by atoms with Gasteiger partial charge in [-0.05, 0) is 5.70 Å². The summed E-state index contributed by atoms with van der Waals surface area (Å²) in [4.78, 5) is 0. The van der Waals surface area contributed by atoms with Gasteiger partial charge in [0.25, 0.3) is 0 Å². The normalized spacial score (nSPS) is 16.6. The Kier molecular flexibility index (Phi) is 5.58. The van der Waals surface area contributed by atoms with E-state index in [0.29, 0.717) is 0 Å². The molecule has 0 fully saturated rings. The Hall–Kier alpha value is 0.564. The van der Waals surface area contributed by atoms with Crippen molar-refractivity contribution < 1.29 is 32.7 Å². The molecular weight excluding hydrogens is 293 g/mol. The molecule has 1 heterocycles. The fourth-order valence-corrected chi connectivity index (χ4v) is 1.37. The molecule has 0 saturated carbocycles. The summed E-state index contributed by atoms with van der Waals surface area (Å²) in [5.41, 5.74) is 4.89. The molecule has 0 unspecified atom stereocenters. The van der Waals surface area contributed by atoms with Crippen LogP contribution in [0.4, 0.5) is 0 Å². The third kappa shape index (κ3) is 2.80. The van der Waals surface area contributed by atoms with Gasteiger partial charge in [-0.25, -0.2) is 0 Å². The molecule has 12 heavy (non-hydrogen) atoms. The Morgan fingerprint density at radius 3 is 2.75 bits per heavy atom. The summed E-state index contributed by atoms with van der Waals surface area (Å²) in [6.07, 6.45) is 5.06. The first kappa shape index (κ1) is 12.6. The van der Waals surface area contributed by atoms with Crippen molar-refractivity contribution >= 4 is 15.9 Å². The second-order valence-electron chi connectivity index (χ2n) is 2.29. The van der Waals surface area contributed by atoms with Crippen molar-refractivity contribution in [3.8, 4) is 0 Å². The maximum Gasteiger partial charge on any atom is 0.00178 e. The summed E-state index contributed by atoms with van der Waals surface area (Å²) in [6, 6.07) is 0. The maximum absolute atomic E-state index is 3.85. The van der Waals surface area contributed by atoms with Gasteiger partial charge in [0.1, 0.15) is 0 Å². The summed E-state index contributed by atoms with van der Waals surface area (Å²) in [5.74, 6) is 0. The van der Waals surface area contributed by atoms with Crippen molar-refractivity contribution in [2.24, 2.45) is 0 Å². The van der Waals surface area contributed by atoms with Crippen molar-refractivity contribution in [2.75, 3.05) is 7.05 Å². The van der Waals surface area contributed by atoms with E-state index in [9.17, 15) is 0 Å². The molecule has 0 aromatic carbocycles. The van der Waals surface area contributed by atoms with Crippen molar-refractivity contribution in [2.45, 2.75) is 6.92 Å². The van der Waals surface area contributed by atoms with Crippen LogP contribution in [0.15, 0.2) is 28.4 Å². The van der Waals surface area contributed by atoms with Crippen LogP contribution in [0.1, 0.15) is 6.92 Å². The zero-order valence-electron chi connectivity index (χ0n) is 7.19. The summed E-state index contributed by atoms with van der Waals surface area (Å²) in [6.45, 7) is 5.84. The second kappa shape index (κ2) is 5.33. The Morgan fingerprint density at radius 1 is 1.67 bits per heavy atom. The minimum Gasteiger partial charge on any atom is -0.392 e. The van der Waals surface area contributed by atoms with E-state index < -0.39 is 0 Å². The fourth-order valence-electron chi connectivity index (χ4n) is 0.847. The van der Waals surface area contributed by atoms with Crippen LogP contribution in [0, 0.1) is 6.20 Å². The smallest absolute Gasteiger partial charge is 0.00178 e. The van der Waals surface area contributed by atoms with Crippen LogP contribution in [0.5, 0.6) is 0 Å². The Labute approximate surface area is 107 Å². The first-order valence-corrected chi connectivity index (χ1v) is 4.08. The number of nitrogens with zero attached hydrogens (tertiary/aromatic N) is 1. The van der Waals surface area contributed by atoms with Gasteiger partial charge in [0.2, 0.25) is 0 Å². The van der Waals surface area contributed by atoms with E-state index in [1.54, 1.807) is 5.01 Å². The van der Waals surface area contributed by atoms with E-state index >= 15 is 0 Å². The molecule has 1 aliphatic heterocycles. The molecule has 0 aromatic heterocycles. The number of halogens is 1. The molecule has 0 spiro atoms. The zero-order valence-corrected chi connectivity index (χ0v) is 11.6. The average molecular weight is 303 g/mol. The predicted molar refractivity (Wildman–Crippen MR) is 49.5 cm³/mol. The number of rotatable bonds is 1. The van der Waals surface area contributed by atoms with Gasteiger partial charge in [0, 0.05) is 39.8 Å². The van der Waals surface area contributed by atoms with E-state index in [0.717, 1.165) is 15.8 Å². The monoisotopic (exact) mass is 302 g/mol. The second-order valence-corrected chi connectivity index (χ2v) is 3.15. The number of nitrogens with one attached hydrogen (secondary N) is 1. The van der Waals surface area contributed by atoms with Gasteiger partial charge >= 0.3 is 0 Å². The van der Waals surface area contributed by atoms with Crippen LogP contribution >= 0.6 is 15.9 Å². The third-order valence-corrected chi connectivity index (χ3v) is 2.09. The van der Waals surface area contributed by atoms with Gasteiger partial charge in [0.05, 0.1) is 0 Å². The molecule has 2 nitrogen and oxygen atoms in total. The minimum absolute atomic E-state index is 0. The van der Waals surface area contributed by atoms with Crippen molar-refractivity contribution in [1.29, 1.82) is 0 Å². The summed E-state index contributed by atoms with van der Waals surface area (Å²) in [5, 5.41) is 1.75. The van der Waals surface area contributed by atoms with Crippen molar-refractivity contribution in [1.82, 2.24) is 10.4 Å². The molecule has 1 N–H and O–H groups in total. The first-order chi connectivity index (χ1) is 5.15. The zero-order chi connectivity index (χ0) is 8.43. The fraction of sp³-hybridized carbons (Fsp3) is 0.250. The van der Waals surface area contributed by atoms with E-state index in [1.807, 2.05) is 20.0 Å². The molecule has 0 aliphatic carbocycles. The molecule has 1 aliphatic rings. The van der Waals surface area contributed by atoms with E-state index in [4.69, 9.17) is 0 Å². The van der Waals surface area contributed by atoms with Crippen LogP contribution < -0.4 is 5.43 Å². The van der Waals surface area contributed by atoms with Gasteiger partial charge in [-0.15, -0.1) is 12.2 Å². The van der Waals surface area contributed by atoms with Crippen LogP contribution in [0.3, 0.4) is 0 Å². The standard InChI is InChI=1S/C8H10BrN2.Y/c1-6-4-8(9)7(2)11(5-6)10-3;/h4,10H,2H2,1,3H3;/q-1;. The Bertz CT molecular complexity index is 245. The van der Waals surface area contributed by atoms with Crippen LogP contribution in [0.25, 0.3) is 0 Å². The Morgan fingerprint density at radius 2 is 2.25 bits per heavy atom. The summed E-state index contributed by atoms with van der Waals surface area (Å²) in [7, 11) is 1.83. The van der Waals surface area contributed by atoms with Gasteiger partial charge in [-0.1, -0.05) is 33.5 Å². The third-order valence-electron chi connectivity index (χ3n) is 1.40.